The molecule has 6 heteroatoms. The zero-order valence-electron chi connectivity index (χ0n) is 13.0. The molecule has 1 saturated heterocycles. The van der Waals surface area contributed by atoms with Gasteiger partial charge >= 0.3 is 5.97 Å². The summed E-state index contributed by atoms with van der Waals surface area (Å²) < 4.78 is 13.6. The summed E-state index contributed by atoms with van der Waals surface area (Å²) in [7, 11) is 0. The molecule has 1 aromatic carbocycles. The molecule has 1 aliphatic heterocycles. The minimum atomic E-state index is -0.944. The molecule has 1 N–H and O–H groups in total. The molecule has 1 aliphatic carbocycles. The number of aliphatic carboxylic acids is 1. The molecule has 3 rings (SSSR count). The zero-order chi connectivity index (χ0) is 16.6. The van der Waals surface area contributed by atoms with Crippen LogP contribution in [0.5, 0.6) is 0 Å². The van der Waals surface area contributed by atoms with Crippen LogP contribution in [0.2, 0.25) is 0 Å². The number of carboxylic acid groups (broad SMARTS) is 1. The Morgan fingerprint density at radius 1 is 1.30 bits per heavy atom. The van der Waals surface area contributed by atoms with Crippen molar-refractivity contribution in [1.82, 2.24) is 4.90 Å². The Hall–Kier alpha value is -1.56. The summed E-state index contributed by atoms with van der Waals surface area (Å²) in [6.45, 7) is 0. The fraction of sp³-hybridized carbons (Fsp3) is 0.529. The van der Waals surface area contributed by atoms with Crippen molar-refractivity contribution in [3.05, 3.63) is 29.6 Å². The number of likely N-dealkylation sites (tertiary alicyclic amines) is 1. The standard InChI is InChI=1S/C17H20FNO3S/c1-23-15-9-11(6-7-12(15)18)16(20)19-13-5-3-2-4-10(13)8-14(19)17(21)22/h6-7,9-10,13-14H,2-5,8H2,1H3,(H,21,22). The quantitative estimate of drug-likeness (QED) is 0.859. The van der Waals surface area contributed by atoms with Gasteiger partial charge in [0.2, 0.25) is 0 Å². The first-order valence-corrected chi connectivity index (χ1v) is 9.14. The Labute approximate surface area is 139 Å². The molecular formula is C17H20FNO3S. The molecule has 0 aromatic heterocycles. The number of carbonyl (C=O) groups excluding carboxylic acids is 1. The van der Waals surface area contributed by atoms with Gasteiger partial charge in [0.15, 0.2) is 0 Å². The van der Waals surface area contributed by atoms with Crippen LogP contribution in [-0.2, 0) is 4.79 Å². The van der Waals surface area contributed by atoms with Crippen molar-refractivity contribution in [3.8, 4) is 0 Å². The molecule has 1 heterocycles. The summed E-state index contributed by atoms with van der Waals surface area (Å²) in [6.07, 6.45) is 6.25. The van der Waals surface area contributed by atoms with Gasteiger partial charge in [-0.2, -0.15) is 0 Å². The van der Waals surface area contributed by atoms with E-state index in [-0.39, 0.29) is 23.7 Å². The fourth-order valence-corrected chi connectivity index (χ4v) is 4.42. The SMILES string of the molecule is CSc1cc(C(=O)N2C(C(=O)O)CC3CCCCC32)ccc1F. The topological polar surface area (TPSA) is 57.6 Å². The highest BCUT2D eigenvalue weighted by Crippen LogP contribution is 2.40. The van der Waals surface area contributed by atoms with Crippen LogP contribution in [0, 0.1) is 11.7 Å². The fourth-order valence-electron chi connectivity index (χ4n) is 3.91. The second kappa shape index (κ2) is 6.51. The van der Waals surface area contributed by atoms with Gasteiger partial charge in [-0.05, 0) is 49.6 Å². The van der Waals surface area contributed by atoms with Crippen LogP contribution in [0.4, 0.5) is 4.39 Å². The number of thioether (sulfide) groups is 1. The molecule has 3 atom stereocenters. The summed E-state index contributed by atoms with van der Waals surface area (Å²) in [6, 6.07) is 3.49. The second-order valence-corrected chi connectivity index (χ2v) is 7.11. The van der Waals surface area contributed by atoms with E-state index in [4.69, 9.17) is 0 Å². The second-order valence-electron chi connectivity index (χ2n) is 6.26. The first kappa shape index (κ1) is 16.3. The molecule has 23 heavy (non-hydrogen) atoms. The van der Waals surface area contributed by atoms with Crippen molar-refractivity contribution in [1.29, 1.82) is 0 Å². The number of hydrogen-bond acceptors (Lipinski definition) is 3. The van der Waals surface area contributed by atoms with E-state index in [9.17, 15) is 19.1 Å². The van der Waals surface area contributed by atoms with Crippen molar-refractivity contribution in [3.63, 3.8) is 0 Å². The monoisotopic (exact) mass is 337 g/mol. The number of carboxylic acids is 1. The predicted octanol–water partition coefficient (Wildman–Crippen LogP) is 3.41. The first-order valence-electron chi connectivity index (χ1n) is 7.92. The molecule has 2 aliphatic rings. The number of carbonyl (C=O) groups is 2. The van der Waals surface area contributed by atoms with E-state index < -0.39 is 12.0 Å². The van der Waals surface area contributed by atoms with Crippen LogP contribution >= 0.6 is 11.8 Å². The third kappa shape index (κ3) is 2.96. The summed E-state index contributed by atoms with van der Waals surface area (Å²) in [5.74, 6) is -1.32. The van der Waals surface area contributed by atoms with Gasteiger partial charge in [0.25, 0.3) is 5.91 Å². The van der Waals surface area contributed by atoms with Crippen molar-refractivity contribution >= 4 is 23.6 Å². The van der Waals surface area contributed by atoms with Crippen LogP contribution in [0.25, 0.3) is 0 Å². The number of rotatable bonds is 3. The predicted molar refractivity (Wildman–Crippen MR) is 86.1 cm³/mol. The van der Waals surface area contributed by atoms with E-state index in [0.29, 0.717) is 16.9 Å². The number of halogens is 1. The average Bonchev–Trinajstić information content (AvgIpc) is 2.94. The minimum absolute atomic E-state index is 0.000123. The lowest BCUT2D eigenvalue weighted by Gasteiger charge is -2.33. The lowest BCUT2D eigenvalue weighted by atomic mass is 9.84. The third-order valence-corrected chi connectivity index (χ3v) is 5.76. The molecule has 0 bridgehead atoms. The third-order valence-electron chi connectivity index (χ3n) is 5.01. The highest BCUT2D eigenvalue weighted by molar-refractivity contribution is 7.98. The van der Waals surface area contributed by atoms with Crippen LogP contribution in [0.15, 0.2) is 23.1 Å². The summed E-state index contributed by atoms with van der Waals surface area (Å²) in [4.78, 5) is 26.5. The Morgan fingerprint density at radius 2 is 2.04 bits per heavy atom. The van der Waals surface area contributed by atoms with Crippen LogP contribution in [-0.4, -0.2) is 40.2 Å². The van der Waals surface area contributed by atoms with Crippen molar-refractivity contribution in [2.75, 3.05) is 6.26 Å². The molecule has 4 nitrogen and oxygen atoms in total. The molecular weight excluding hydrogens is 317 g/mol. The number of fused-ring (bicyclic) bond motifs is 1. The summed E-state index contributed by atoms with van der Waals surface area (Å²) >= 11 is 1.24. The Balaban J connectivity index is 1.93. The van der Waals surface area contributed by atoms with Crippen LogP contribution in [0.1, 0.15) is 42.5 Å². The molecule has 3 unspecified atom stereocenters. The molecule has 0 radical (unpaired) electrons. The maximum atomic E-state index is 13.6. The number of hydrogen-bond donors (Lipinski definition) is 1. The van der Waals surface area contributed by atoms with E-state index in [2.05, 4.69) is 0 Å². The van der Waals surface area contributed by atoms with Gasteiger partial charge < -0.3 is 10.0 Å². The van der Waals surface area contributed by atoms with Crippen molar-refractivity contribution < 1.29 is 19.1 Å². The summed E-state index contributed by atoms with van der Waals surface area (Å²) in [5, 5.41) is 9.51. The molecule has 1 amide bonds. The minimum Gasteiger partial charge on any atom is -0.480 e. The molecule has 1 saturated carbocycles. The number of benzene rings is 1. The lowest BCUT2D eigenvalue weighted by molar-refractivity contribution is -0.141. The van der Waals surface area contributed by atoms with Gasteiger partial charge in [-0.25, -0.2) is 9.18 Å². The van der Waals surface area contributed by atoms with Gasteiger partial charge in [-0.1, -0.05) is 12.8 Å². The smallest absolute Gasteiger partial charge is 0.326 e. The lowest BCUT2D eigenvalue weighted by Crippen LogP contribution is -2.46. The van der Waals surface area contributed by atoms with Crippen molar-refractivity contribution in [2.24, 2.45) is 5.92 Å². The van der Waals surface area contributed by atoms with E-state index in [0.717, 1.165) is 25.7 Å². The average molecular weight is 337 g/mol. The van der Waals surface area contributed by atoms with E-state index in [1.165, 1.54) is 30.0 Å². The summed E-state index contributed by atoms with van der Waals surface area (Å²) in [5.41, 5.74) is 0.369. The molecule has 2 fully saturated rings. The van der Waals surface area contributed by atoms with Gasteiger partial charge in [0.1, 0.15) is 11.9 Å². The van der Waals surface area contributed by atoms with Crippen molar-refractivity contribution in [2.45, 2.75) is 49.1 Å². The van der Waals surface area contributed by atoms with Crippen LogP contribution < -0.4 is 0 Å². The largest absolute Gasteiger partial charge is 0.480 e. The Bertz CT molecular complexity index is 636. The van der Waals surface area contributed by atoms with Gasteiger partial charge in [0.05, 0.1) is 0 Å². The van der Waals surface area contributed by atoms with Crippen LogP contribution in [0.3, 0.4) is 0 Å². The highest BCUT2D eigenvalue weighted by atomic mass is 32.2. The van der Waals surface area contributed by atoms with Gasteiger partial charge in [0, 0.05) is 16.5 Å². The maximum absolute atomic E-state index is 13.6. The highest BCUT2D eigenvalue weighted by Gasteiger charge is 2.47. The Kier molecular flexibility index (Phi) is 4.62. The normalized spacial score (nSPS) is 26.9. The number of nitrogens with zero attached hydrogens (tertiary/aromatic N) is 1. The Morgan fingerprint density at radius 3 is 2.74 bits per heavy atom. The number of amides is 1. The molecule has 0 spiro atoms. The van der Waals surface area contributed by atoms with E-state index >= 15 is 0 Å². The van der Waals surface area contributed by atoms with E-state index in [1.807, 2.05) is 0 Å². The van der Waals surface area contributed by atoms with Gasteiger partial charge in [-0.3, -0.25) is 4.79 Å². The zero-order valence-corrected chi connectivity index (χ0v) is 13.8. The van der Waals surface area contributed by atoms with E-state index in [1.54, 1.807) is 11.2 Å². The first-order chi connectivity index (χ1) is 11.0. The van der Waals surface area contributed by atoms with Gasteiger partial charge in [-0.15, -0.1) is 11.8 Å². The molecule has 1 aromatic rings. The maximum Gasteiger partial charge on any atom is 0.326 e. The molecule has 124 valence electrons.